The number of fused-ring (bicyclic) bond motifs is 1. The van der Waals surface area contributed by atoms with Gasteiger partial charge in [-0.25, -0.2) is 0 Å². The van der Waals surface area contributed by atoms with Crippen molar-refractivity contribution in [3.05, 3.63) is 125 Å². The van der Waals surface area contributed by atoms with Crippen molar-refractivity contribution in [3.63, 3.8) is 0 Å². The topological polar surface area (TPSA) is 67.9 Å². The molecule has 50 heavy (non-hydrogen) atoms. The molecule has 4 aromatic carbocycles. The van der Waals surface area contributed by atoms with Crippen molar-refractivity contribution < 1.29 is 9.59 Å². The summed E-state index contributed by atoms with van der Waals surface area (Å²) in [6, 6.07) is 37.8. The van der Waals surface area contributed by atoms with Gasteiger partial charge in [0.1, 0.15) is 6.04 Å². The van der Waals surface area contributed by atoms with Crippen LogP contribution in [0.25, 0.3) is 0 Å². The Balaban J connectivity index is 0.834. The van der Waals surface area contributed by atoms with Crippen molar-refractivity contribution in [3.8, 4) is 0 Å². The summed E-state index contributed by atoms with van der Waals surface area (Å²) in [5.41, 5.74) is 9.36. The number of imide groups is 1. The van der Waals surface area contributed by atoms with E-state index >= 15 is 0 Å². The third-order valence-electron chi connectivity index (χ3n) is 11.7. The van der Waals surface area contributed by atoms with Gasteiger partial charge in [-0.15, -0.1) is 0 Å². The summed E-state index contributed by atoms with van der Waals surface area (Å²) in [4.78, 5) is 31.4. The van der Waals surface area contributed by atoms with Crippen LogP contribution in [0, 0.1) is 5.92 Å². The lowest BCUT2D eigenvalue weighted by Crippen LogP contribution is -2.49. The number of nitrogens with one attached hydrogen (secondary N) is 2. The van der Waals surface area contributed by atoms with Crippen LogP contribution in [0.15, 0.2) is 103 Å². The molecule has 3 atom stereocenters. The third-order valence-corrected chi connectivity index (χ3v) is 11.7. The van der Waals surface area contributed by atoms with E-state index in [1.54, 1.807) is 0 Å². The molecule has 3 heterocycles. The van der Waals surface area contributed by atoms with Crippen molar-refractivity contribution in [2.24, 2.45) is 5.92 Å². The van der Waals surface area contributed by atoms with E-state index in [1.807, 2.05) is 12.1 Å². The van der Waals surface area contributed by atoms with Crippen molar-refractivity contribution in [1.29, 1.82) is 0 Å². The van der Waals surface area contributed by atoms with Crippen molar-refractivity contribution in [2.75, 3.05) is 60.9 Å². The quantitative estimate of drug-likeness (QED) is 0.202. The fourth-order valence-electron chi connectivity index (χ4n) is 8.88. The molecular weight excluding hydrogens is 619 g/mol. The number of aryl methyl sites for hydroxylation is 1. The van der Waals surface area contributed by atoms with Gasteiger partial charge in [-0.05, 0) is 96.5 Å². The predicted octanol–water partition coefficient (Wildman–Crippen LogP) is 6.80. The molecule has 3 aliphatic heterocycles. The first-order chi connectivity index (χ1) is 24.6. The normalized spacial score (nSPS) is 23.3. The number of hydrogen-bond acceptors (Lipinski definition) is 6. The van der Waals surface area contributed by atoms with Crippen LogP contribution in [0.1, 0.15) is 66.2 Å². The van der Waals surface area contributed by atoms with E-state index in [0.29, 0.717) is 24.7 Å². The van der Waals surface area contributed by atoms with E-state index in [-0.39, 0.29) is 17.9 Å². The smallest absolute Gasteiger partial charge is 0.249 e. The second-order valence-electron chi connectivity index (χ2n) is 14.7. The van der Waals surface area contributed by atoms with Gasteiger partial charge in [0.05, 0.1) is 0 Å². The van der Waals surface area contributed by atoms with Gasteiger partial charge in [0.15, 0.2) is 0 Å². The van der Waals surface area contributed by atoms with Gasteiger partial charge in [0, 0.05) is 75.2 Å². The van der Waals surface area contributed by atoms with E-state index in [2.05, 4.69) is 116 Å². The molecule has 0 radical (unpaired) electrons. The Morgan fingerprint density at radius 2 is 1.38 bits per heavy atom. The van der Waals surface area contributed by atoms with Crippen LogP contribution in [0.2, 0.25) is 0 Å². The van der Waals surface area contributed by atoms with Crippen LogP contribution in [-0.2, 0) is 16.0 Å². The van der Waals surface area contributed by atoms with Gasteiger partial charge in [-0.3, -0.25) is 19.8 Å². The summed E-state index contributed by atoms with van der Waals surface area (Å²) in [7, 11) is 0. The van der Waals surface area contributed by atoms with Gasteiger partial charge < -0.3 is 15.1 Å². The zero-order valence-electron chi connectivity index (χ0n) is 29.0. The van der Waals surface area contributed by atoms with Crippen LogP contribution in [0.5, 0.6) is 0 Å². The lowest BCUT2D eigenvalue weighted by molar-refractivity contribution is -0.133. The summed E-state index contributed by atoms with van der Waals surface area (Å²) >= 11 is 0. The van der Waals surface area contributed by atoms with Crippen LogP contribution < -0.4 is 20.4 Å². The van der Waals surface area contributed by atoms with Gasteiger partial charge in [-0.1, -0.05) is 72.8 Å². The number of carbonyl (C=O) groups excluding carboxylic acids is 2. The highest BCUT2D eigenvalue weighted by molar-refractivity contribution is 6.01. The molecule has 4 aromatic rings. The zero-order valence-corrected chi connectivity index (χ0v) is 29.0. The van der Waals surface area contributed by atoms with E-state index in [9.17, 15) is 9.59 Å². The van der Waals surface area contributed by atoms with E-state index in [1.165, 1.54) is 59.4 Å². The average molecular weight is 668 g/mol. The summed E-state index contributed by atoms with van der Waals surface area (Å²) in [5.74, 6) is 1.21. The first kappa shape index (κ1) is 32.6. The Morgan fingerprint density at radius 1 is 0.640 bits per heavy atom. The fourth-order valence-corrected chi connectivity index (χ4v) is 8.88. The van der Waals surface area contributed by atoms with Crippen LogP contribution >= 0.6 is 0 Å². The molecule has 2 N–H and O–H groups in total. The summed E-state index contributed by atoms with van der Waals surface area (Å²) in [6.45, 7) is 7.57. The molecule has 3 fully saturated rings. The van der Waals surface area contributed by atoms with E-state index in [4.69, 9.17) is 0 Å². The minimum absolute atomic E-state index is 0.186. The lowest BCUT2D eigenvalue weighted by Gasteiger charge is -2.40. The number of nitrogens with zero attached hydrogens (tertiary/aromatic N) is 3. The number of hydrogen-bond donors (Lipinski definition) is 2. The molecule has 258 valence electrons. The molecule has 0 aromatic heterocycles. The molecule has 7 heteroatoms. The number of piperazine rings is 1. The molecule has 7 nitrogen and oxygen atoms in total. The molecule has 0 saturated carbocycles. The Morgan fingerprint density at radius 3 is 2.16 bits per heavy atom. The maximum atomic E-state index is 12.2. The molecule has 3 saturated heterocycles. The monoisotopic (exact) mass is 667 g/mol. The average Bonchev–Trinajstić information content (AvgIpc) is 3.17. The Bertz CT molecular complexity index is 1780. The fraction of sp³-hybridized carbons (Fsp3) is 0.395. The Hall–Kier alpha value is -4.62. The minimum atomic E-state index is -0.363. The first-order valence-electron chi connectivity index (χ1n) is 18.7. The number of carbonyl (C=O) groups is 2. The summed E-state index contributed by atoms with van der Waals surface area (Å²) in [5, 5.41) is 5.77. The molecule has 4 aliphatic rings. The molecule has 0 spiro atoms. The van der Waals surface area contributed by atoms with E-state index in [0.717, 1.165) is 57.3 Å². The Labute approximate surface area is 296 Å². The van der Waals surface area contributed by atoms with Crippen molar-refractivity contribution in [1.82, 2.24) is 10.2 Å². The highest BCUT2D eigenvalue weighted by Gasteiger charge is 2.32. The second-order valence-corrected chi connectivity index (χ2v) is 14.7. The van der Waals surface area contributed by atoms with E-state index < -0.39 is 0 Å². The van der Waals surface area contributed by atoms with Gasteiger partial charge >= 0.3 is 0 Å². The number of benzene rings is 4. The molecule has 0 bridgehead atoms. The third kappa shape index (κ3) is 7.15. The van der Waals surface area contributed by atoms with Gasteiger partial charge in [0.2, 0.25) is 11.8 Å². The molecule has 3 unspecified atom stereocenters. The highest BCUT2D eigenvalue weighted by Crippen LogP contribution is 2.46. The SMILES string of the molecule is O=C1CCC(Nc2cccc(N3CCN(CC4CCN(c5ccc(C6c7ccccc7CCC6c6ccccc6)cc5)CC4)CC3)c2)C(=O)N1. The molecule has 1 aliphatic carbocycles. The molecule has 2 amide bonds. The predicted molar refractivity (Wildman–Crippen MR) is 202 cm³/mol. The van der Waals surface area contributed by atoms with Crippen LogP contribution in [0.3, 0.4) is 0 Å². The van der Waals surface area contributed by atoms with Gasteiger partial charge in [-0.2, -0.15) is 0 Å². The summed E-state index contributed by atoms with van der Waals surface area (Å²) < 4.78 is 0. The standard InChI is InChI=1S/C43H49N5O2/c49-41-20-19-40(43(50)45-41)44-35-10-6-11-37(29-35)48-27-25-46(26-28-48)30-31-21-23-47(24-22-31)36-16-13-34(14-17-36)42-38-12-5-4-9-33(38)15-18-39(42)32-7-2-1-3-8-32/h1-14,16-17,29,31,39-40,42,44H,15,18-28,30H2,(H,45,49,50). The Kier molecular flexibility index (Phi) is 9.58. The van der Waals surface area contributed by atoms with Gasteiger partial charge in [0.25, 0.3) is 0 Å². The highest BCUT2D eigenvalue weighted by atomic mass is 16.2. The largest absolute Gasteiger partial charge is 0.374 e. The molecule has 8 rings (SSSR count). The number of anilines is 3. The number of amides is 2. The minimum Gasteiger partial charge on any atom is -0.374 e. The van der Waals surface area contributed by atoms with Crippen molar-refractivity contribution in [2.45, 2.75) is 56.4 Å². The molecular formula is C43H49N5O2. The maximum absolute atomic E-state index is 12.2. The van der Waals surface area contributed by atoms with Crippen LogP contribution in [0.4, 0.5) is 17.1 Å². The lowest BCUT2D eigenvalue weighted by atomic mass is 9.69. The summed E-state index contributed by atoms with van der Waals surface area (Å²) in [6.07, 6.45) is 5.72. The second kappa shape index (κ2) is 14.7. The van der Waals surface area contributed by atoms with Crippen LogP contribution in [-0.4, -0.2) is 68.6 Å². The van der Waals surface area contributed by atoms with Crippen molar-refractivity contribution >= 4 is 28.9 Å². The maximum Gasteiger partial charge on any atom is 0.249 e. The number of rotatable bonds is 8. The zero-order chi connectivity index (χ0) is 33.9. The number of piperidine rings is 2. The first-order valence-corrected chi connectivity index (χ1v) is 18.7.